The first kappa shape index (κ1) is 14.9. The summed E-state index contributed by atoms with van der Waals surface area (Å²) in [6.07, 6.45) is -0.331. The molecule has 2 amide bonds. The van der Waals surface area contributed by atoms with Crippen molar-refractivity contribution < 1.29 is 19.1 Å². The van der Waals surface area contributed by atoms with Gasteiger partial charge in [0, 0.05) is 5.92 Å². The van der Waals surface area contributed by atoms with Gasteiger partial charge in [-0.2, -0.15) is 0 Å². The van der Waals surface area contributed by atoms with Crippen LogP contribution in [0.3, 0.4) is 0 Å². The zero-order chi connectivity index (χ0) is 16.3. The van der Waals surface area contributed by atoms with Crippen LogP contribution >= 0.6 is 15.9 Å². The van der Waals surface area contributed by atoms with Gasteiger partial charge in [-0.25, -0.2) is 0 Å². The summed E-state index contributed by atoms with van der Waals surface area (Å²) in [5.41, 5.74) is 0.903. The second-order valence-electron chi connectivity index (χ2n) is 6.53. The van der Waals surface area contributed by atoms with Crippen LogP contribution in [0.4, 0.5) is 0 Å². The quantitative estimate of drug-likeness (QED) is 0.447. The number of ether oxygens (including phenoxy) is 1. The lowest BCUT2D eigenvalue weighted by Gasteiger charge is -2.33. The van der Waals surface area contributed by atoms with E-state index in [1.807, 2.05) is 37.3 Å². The molecule has 0 aromatic heterocycles. The van der Waals surface area contributed by atoms with Gasteiger partial charge in [0.2, 0.25) is 11.8 Å². The van der Waals surface area contributed by atoms with Gasteiger partial charge in [0.25, 0.3) is 0 Å². The Morgan fingerprint density at radius 3 is 2.39 bits per heavy atom. The maximum absolute atomic E-state index is 12.9. The molecule has 0 N–H and O–H groups in total. The molecule has 3 fully saturated rings. The number of nitrogens with zero attached hydrogens (tertiary/aromatic N) is 1. The summed E-state index contributed by atoms with van der Waals surface area (Å²) in [4.78, 5) is 38.8. The first-order chi connectivity index (χ1) is 11.0. The maximum atomic E-state index is 12.9. The highest BCUT2D eigenvalue weighted by Gasteiger charge is 2.66. The second kappa shape index (κ2) is 5.16. The molecule has 1 aromatic rings. The largest absolute Gasteiger partial charge is 0.461 e. The van der Waals surface area contributed by atoms with Gasteiger partial charge in [0.15, 0.2) is 0 Å². The van der Waals surface area contributed by atoms with Crippen molar-refractivity contribution in [2.24, 2.45) is 23.7 Å². The number of esters is 1. The summed E-state index contributed by atoms with van der Waals surface area (Å²) in [5.74, 6) is -2.46. The molecule has 120 valence electrons. The highest BCUT2D eigenvalue weighted by atomic mass is 79.9. The van der Waals surface area contributed by atoms with E-state index < -0.39 is 17.8 Å². The first-order valence-corrected chi connectivity index (χ1v) is 8.66. The molecule has 2 aliphatic heterocycles. The average Bonchev–Trinajstić information content (AvgIpc) is 2.90. The Balaban J connectivity index is 1.68. The number of fused-ring (bicyclic) bond motifs is 4. The Morgan fingerprint density at radius 2 is 1.70 bits per heavy atom. The lowest BCUT2D eigenvalue weighted by molar-refractivity contribution is -0.148. The summed E-state index contributed by atoms with van der Waals surface area (Å²) >= 11 is 3.52. The smallest absolute Gasteiger partial charge is 0.310 e. The summed E-state index contributed by atoms with van der Waals surface area (Å²) in [7, 11) is 0. The predicted octanol–water partition coefficient (Wildman–Crippen LogP) is 1.74. The zero-order valence-electron chi connectivity index (χ0n) is 12.5. The fourth-order valence-electron chi connectivity index (χ4n) is 4.18. The van der Waals surface area contributed by atoms with E-state index in [-0.39, 0.29) is 41.2 Å². The molecule has 0 spiro atoms. The highest BCUT2D eigenvalue weighted by molar-refractivity contribution is 9.09. The molecular weight excluding hydrogens is 362 g/mol. The van der Waals surface area contributed by atoms with Crippen molar-refractivity contribution in [2.45, 2.75) is 24.4 Å². The van der Waals surface area contributed by atoms with Crippen molar-refractivity contribution in [3.05, 3.63) is 35.9 Å². The molecule has 4 rings (SSSR count). The van der Waals surface area contributed by atoms with E-state index >= 15 is 0 Å². The van der Waals surface area contributed by atoms with Crippen LogP contribution in [0.25, 0.3) is 0 Å². The van der Waals surface area contributed by atoms with Crippen LogP contribution in [0.2, 0.25) is 0 Å². The number of benzene rings is 1. The number of alkyl halides is 1. The maximum Gasteiger partial charge on any atom is 0.310 e. The van der Waals surface area contributed by atoms with Crippen LogP contribution < -0.4 is 0 Å². The van der Waals surface area contributed by atoms with Gasteiger partial charge in [-0.1, -0.05) is 53.2 Å². The van der Waals surface area contributed by atoms with E-state index in [4.69, 9.17) is 4.74 Å². The fraction of sp³-hybridized carbons (Fsp3) is 0.471. The van der Waals surface area contributed by atoms with E-state index in [1.54, 1.807) is 0 Å². The Labute approximate surface area is 142 Å². The molecular formula is C17H16BrNO4. The molecule has 1 aliphatic carbocycles. The van der Waals surface area contributed by atoms with Gasteiger partial charge >= 0.3 is 5.97 Å². The topological polar surface area (TPSA) is 63.7 Å². The van der Waals surface area contributed by atoms with Crippen molar-refractivity contribution in [3.8, 4) is 0 Å². The lowest BCUT2D eigenvalue weighted by Crippen LogP contribution is -2.46. The van der Waals surface area contributed by atoms with Crippen LogP contribution in [-0.2, 0) is 25.7 Å². The van der Waals surface area contributed by atoms with E-state index in [9.17, 15) is 14.4 Å². The minimum Gasteiger partial charge on any atom is -0.461 e. The van der Waals surface area contributed by atoms with E-state index in [0.29, 0.717) is 0 Å². The Kier molecular flexibility index (Phi) is 3.34. The van der Waals surface area contributed by atoms with Crippen molar-refractivity contribution in [1.82, 2.24) is 4.90 Å². The van der Waals surface area contributed by atoms with Gasteiger partial charge in [0.1, 0.15) is 6.10 Å². The summed E-state index contributed by atoms with van der Waals surface area (Å²) < 4.78 is 5.39. The number of carbonyl (C=O) groups is 3. The third-order valence-electron chi connectivity index (χ3n) is 5.33. The number of amides is 2. The number of hydrogen-bond donors (Lipinski definition) is 0. The van der Waals surface area contributed by atoms with Gasteiger partial charge in [-0.15, -0.1) is 0 Å². The Hall–Kier alpha value is -1.69. The third-order valence-corrected chi connectivity index (χ3v) is 6.42. The average molecular weight is 378 g/mol. The van der Waals surface area contributed by atoms with E-state index in [2.05, 4.69) is 15.9 Å². The minimum atomic E-state index is -0.600. The molecule has 5 nitrogen and oxygen atoms in total. The summed E-state index contributed by atoms with van der Waals surface area (Å²) in [6, 6.07) is 9.42. The second-order valence-corrected chi connectivity index (χ2v) is 7.59. The molecule has 2 bridgehead atoms. The molecule has 2 saturated heterocycles. The normalized spacial score (nSPS) is 38.7. The number of rotatable bonds is 2. The van der Waals surface area contributed by atoms with Crippen LogP contribution in [-0.4, -0.2) is 33.6 Å². The number of carbonyl (C=O) groups excluding carboxylic acids is 3. The SMILES string of the molecule is CC1C2OC(=O)C1C1C(=O)N(Cc3ccccc3)C(=O)C1C2Br. The highest BCUT2D eigenvalue weighted by Crippen LogP contribution is 2.52. The number of hydrogen-bond acceptors (Lipinski definition) is 4. The lowest BCUT2D eigenvalue weighted by atomic mass is 9.68. The van der Waals surface area contributed by atoms with E-state index in [1.165, 1.54) is 4.90 Å². The van der Waals surface area contributed by atoms with Crippen molar-refractivity contribution in [2.75, 3.05) is 0 Å². The number of halogens is 1. The van der Waals surface area contributed by atoms with Gasteiger partial charge < -0.3 is 4.74 Å². The molecule has 1 aromatic carbocycles. The number of likely N-dealkylation sites (tertiary alicyclic amines) is 1. The Morgan fingerprint density at radius 1 is 1.04 bits per heavy atom. The molecule has 1 saturated carbocycles. The van der Waals surface area contributed by atoms with Crippen LogP contribution in [0, 0.1) is 23.7 Å². The molecule has 2 heterocycles. The van der Waals surface area contributed by atoms with Crippen molar-refractivity contribution >= 4 is 33.7 Å². The van der Waals surface area contributed by atoms with Crippen LogP contribution in [0.1, 0.15) is 12.5 Å². The molecule has 6 heteroatoms. The summed E-state index contributed by atoms with van der Waals surface area (Å²) in [5, 5.41) is 0. The standard InChI is InChI=1S/C17H16BrNO4/c1-8-10-11-12(13(18)14(8)23-17(10)22)16(21)19(15(11)20)7-9-5-3-2-4-6-9/h2-6,8,10-14H,7H2,1H3. The predicted molar refractivity (Wildman–Crippen MR) is 84.2 cm³/mol. The van der Waals surface area contributed by atoms with E-state index in [0.717, 1.165) is 5.56 Å². The van der Waals surface area contributed by atoms with Crippen LogP contribution in [0.5, 0.6) is 0 Å². The van der Waals surface area contributed by atoms with Crippen LogP contribution in [0.15, 0.2) is 30.3 Å². The van der Waals surface area contributed by atoms with Gasteiger partial charge in [0.05, 0.1) is 29.1 Å². The molecule has 23 heavy (non-hydrogen) atoms. The van der Waals surface area contributed by atoms with Gasteiger partial charge in [-0.05, 0) is 5.56 Å². The molecule has 6 atom stereocenters. The first-order valence-electron chi connectivity index (χ1n) is 7.74. The minimum absolute atomic E-state index is 0.0541. The van der Waals surface area contributed by atoms with Gasteiger partial charge in [-0.3, -0.25) is 19.3 Å². The molecule has 0 radical (unpaired) electrons. The fourth-order valence-corrected chi connectivity index (χ4v) is 5.33. The van der Waals surface area contributed by atoms with Crippen molar-refractivity contribution in [1.29, 1.82) is 0 Å². The zero-order valence-corrected chi connectivity index (χ0v) is 14.1. The summed E-state index contributed by atoms with van der Waals surface area (Å²) in [6.45, 7) is 2.17. The monoisotopic (exact) mass is 377 g/mol. The molecule has 3 aliphatic rings. The molecule has 6 unspecified atom stereocenters. The van der Waals surface area contributed by atoms with Crippen molar-refractivity contribution in [3.63, 3.8) is 0 Å². The Bertz CT molecular complexity index is 691. The number of imide groups is 1. The third kappa shape index (κ3) is 2.00.